The SMILES string of the molecule is C1=Cc2c(CN3CCCCC3)cccc2NC1. The summed E-state index contributed by atoms with van der Waals surface area (Å²) in [6, 6.07) is 6.62. The van der Waals surface area contributed by atoms with Gasteiger partial charge in [0.05, 0.1) is 0 Å². The summed E-state index contributed by atoms with van der Waals surface area (Å²) < 4.78 is 0. The Kier molecular flexibility index (Phi) is 3.14. The number of hydrogen-bond acceptors (Lipinski definition) is 2. The molecule has 0 amide bonds. The molecule has 0 unspecified atom stereocenters. The van der Waals surface area contributed by atoms with E-state index in [0.717, 1.165) is 13.1 Å². The second-order valence-corrected chi connectivity index (χ2v) is 5.00. The average Bonchev–Trinajstić information content (AvgIpc) is 2.40. The molecule has 0 spiro atoms. The van der Waals surface area contributed by atoms with Crippen LogP contribution in [0.2, 0.25) is 0 Å². The van der Waals surface area contributed by atoms with E-state index >= 15 is 0 Å². The maximum atomic E-state index is 3.43. The van der Waals surface area contributed by atoms with E-state index in [0.29, 0.717) is 0 Å². The lowest BCUT2D eigenvalue weighted by Gasteiger charge is -2.28. The van der Waals surface area contributed by atoms with E-state index in [9.17, 15) is 0 Å². The van der Waals surface area contributed by atoms with Gasteiger partial charge in [-0.25, -0.2) is 0 Å². The predicted octanol–water partition coefficient (Wildman–Crippen LogP) is 3.11. The number of benzene rings is 1. The Morgan fingerprint density at radius 1 is 1.12 bits per heavy atom. The largest absolute Gasteiger partial charge is 0.381 e. The summed E-state index contributed by atoms with van der Waals surface area (Å²) in [4.78, 5) is 2.58. The number of nitrogens with one attached hydrogen (secondary N) is 1. The third-order valence-corrected chi connectivity index (χ3v) is 3.73. The lowest BCUT2D eigenvalue weighted by atomic mass is 10.0. The Morgan fingerprint density at radius 2 is 2.00 bits per heavy atom. The van der Waals surface area contributed by atoms with Gasteiger partial charge in [-0.05, 0) is 37.6 Å². The first-order valence-corrected chi connectivity index (χ1v) is 6.68. The molecule has 2 aliphatic rings. The Labute approximate surface area is 103 Å². The maximum absolute atomic E-state index is 3.43. The highest BCUT2D eigenvalue weighted by molar-refractivity contribution is 5.72. The van der Waals surface area contributed by atoms with Gasteiger partial charge in [-0.1, -0.05) is 30.7 Å². The summed E-state index contributed by atoms with van der Waals surface area (Å²) in [7, 11) is 0. The lowest BCUT2D eigenvalue weighted by molar-refractivity contribution is 0.221. The Bertz CT molecular complexity index is 417. The molecule has 0 bridgehead atoms. The van der Waals surface area contributed by atoms with Crippen LogP contribution in [0.15, 0.2) is 24.3 Å². The van der Waals surface area contributed by atoms with E-state index in [4.69, 9.17) is 0 Å². The zero-order chi connectivity index (χ0) is 11.5. The second-order valence-electron chi connectivity index (χ2n) is 5.00. The van der Waals surface area contributed by atoms with Crippen molar-refractivity contribution in [2.24, 2.45) is 0 Å². The van der Waals surface area contributed by atoms with Crippen LogP contribution in [0.5, 0.6) is 0 Å². The molecule has 1 aromatic rings. The molecule has 1 N–H and O–H groups in total. The van der Waals surface area contributed by atoms with Crippen LogP contribution >= 0.6 is 0 Å². The lowest BCUT2D eigenvalue weighted by Crippen LogP contribution is -2.29. The van der Waals surface area contributed by atoms with Gasteiger partial charge in [0, 0.05) is 24.3 Å². The third-order valence-electron chi connectivity index (χ3n) is 3.73. The highest BCUT2D eigenvalue weighted by Gasteiger charge is 2.14. The summed E-state index contributed by atoms with van der Waals surface area (Å²) in [5, 5.41) is 3.43. The number of rotatable bonds is 2. The summed E-state index contributed by atoms with van der Waals surface area (Å²) in [6.45, 7) is 4.59. The van der Waals surface area contributed by atoms with Gasteiger partial charge in [-0.3, -0.25) is 4.90 Å². The monoisotopic (exact) mass is 228 g/mol. The van der Waals surface area contributed by atoms with Crippen molar-refractivity contribution in [3.8, 4) is 0 Å². The fourth-order valence-electron chi connectivity index (χ4n) is 2.81. The Hall–Kier alpha value is -1.28. The standard InChI is InChI=1S/C15H20N2/c1-2-10-17(11-3-1)12-13-6-4-8-15-14(13)7-5-9-16-15/h4-8,16H,1-3,9-12H2. The molecule has 2 heteroatoms. The predicted molar refractivity (Wildman–Crippen MR) is 73.1 cm³/mol. The molecule has 1 fully saturated rings. The molecule has 1 saturated heterocycles. The van der Waals surface area contributed by atoms with Gasteiger partial charge in [-0.15, -0.1) is 0 Å². The first-order valence-electron chi connectivity index (χ1n) is 6.68. The van der Waals surface area contributed by atoms with Crippen molar-refractivity contribution < 1.29 is 0 Å². The van der Waals surface area contributed by atoms with Crippen LogP contribution in [0.4, 0.5) is 5.69 Å². The molecule has 2 nitrogen and oxygen atoms in total. The van der Waals surface area contributed by atoms with Gasteiger partial charge in [0.15, 0.2) is 0 Å². The maximum Gasteiger partial charge on any atom is 0.0419 e. The molecule has 1 aromatic carbocycles. The molecular formula is C15H20N2. The van der Waals surface area contributed by atoms with Crippen molar-refractivity contribution in [3.63, 3.8) is 0 Å². The normalized spacial score (nSPS) is 19.8. The fourth-order valence-corrected chi connectivity index (χ4v) is 2.81. The van der Waals surface area contributed by atoms with Crippen molar-refractivity contribution in [2.45, 2.75) is 25.8 Å². The topological polar surface area (TPSA) is 15.3 Å². The van der Waals surface area contributed by atoms with Crippen LogP contribution in [-0.4, -0.2) is 24.5 Å². The van der Waals surface area contributed by atoms with Gasteiger partial charge in [-0.2, -0.15) is 0 Å². The zero-order valence-electron chi connectivity index (χ0n) is 10.3. The molecule has 0 aliphatic carbocycles. The van der Waals surface area contributed by atoms with E-state index in [2.05, 4.69) is 40.6 Å². The van der Waals surface area contributed by atoms with E-state index in [1.165, 1.54) is 49.2 Å². The van der Waals surface area contributed by atoms with Crippen molar-refractivity contribution in [1.82, 2.24) is 4.90 Å². The molecular weight excluding hydrogens is 208 g/mol. The summed E-state index contributed by atoms with van der Waals surface area (Å²) in [5.41, 5.74) is 4.15. The Morgan fingerprint density at radius 3 is 2.88 bits per heavy atom. The molecule has 0 saturated carbocycles. The van der Waals surface area contributed by atoms with Gasteiger partial charge in [0.1, 0.15) is 0 Å². The molecule has 0 radical (unpaired) electrons. The van der Waals surface area contributed by atoms with Crippen LogP contribution in [0.25, 0.3) is 6.08 Å². The number of likely N-dealkylation sites (tertiary alicyclic amines) is 1. The van der Waals surface area contributed by atoms with Crippen molar-refractivity contribution in [1.29, 1.82) is 0 Å². The van der Waals surface area contributed by atoms with Crippen LogP contribution < -0.4 is 5.32 Å². The van der Waals surface area contributed by atoms with Crippen LogP contribution in [0.3, 0.4) is 0 Å². The molecule has 17 heavy (non-hydrogen) atoms. The smallest absolute Gasteiger partial charge is 0.0419 e. The number of fused-ring (bicyclic) bond motifs is 1. The van der Waals surface area contributed by atoms with Crippen molar-refractivity contribution in [3.05, 3.63) is 35.4 Å². The fraction of sp³-hybridized carbons (Fsp3) is 0.467. The van der Waals surface area contributed by atoms with Gasteiger partial charge < -0.3 is 5.32 Å². The molecule has 0 atom stereocenters. The number of piperidine rings is 1. The van der Waals surface area contributed by atoms with Crippen LogP contribution in [0, 0.1) is 0 Å². The van der Waals surface area contributed by atoms with E-state index in [1.54, 1.807) is 0 Å². The first-order chi connectivity index (χ1) is 8.43. The van der Waals surface area contributed by atoms with E-state index in [1.807, 2.05) is 0 Å². The minimum absolute atomic E-state index is 0.958. The quantitative estimate of drug-likeness (QED) is 0.836. The third kappa shape index (κ3) is 2.37. The number of hydrogen-bond donors (Lipinski definition) is 1. The molecule has 3 rings (SSSR count). The summed E-state index contributed by atoms with van der Waals surface area (Å²) in [6.07, 6.45) is 8.62. The Balaban J connectivity index is 1.81. The zero-order valence-corrected chi connectivity index (χ0v) is 10.3. The number of anilines is 1. The van der Waals surface area contributed by atoms with Gasteiger partial charge in [0.25, 0.3) is 0 Å². The van der Waals surface area contributed by atoms with Gasteiger partial charge >= 0.3 is 0 Å². The minimum Gasteiger partial charge on any atom is -0.381 e. The second kappa shape index (κ2) is 4.92. The van der Waals surface area contributed by atoms with Crippen LogP contribution in [0.1, 0.15) is 30.4 Å². The van der Waals surface area contributed by atoms with Crippen molar-refractivity contribution >= 4 is 11.8 Å². The highest BCUT2D eigenvalue weighted by Crippen LogP contribution is 2.26. The highest BCUT2D eigenvalue weighted by atomic mass is 15.1. The van der Waals surface area contributed by atoms with E-state index in [-0.39, 0.29) is 0 Å². The number of nitrogens with zero attached hydrogens (tertiary/aromatic N) is 1. The van der Waals surface area contributed by atoms with Crippen molar-refractivity contribution in [2.75, 3.05) is 25.0 Å². The van der Waals surface area contributed by atoms with Crippen LogP contribution in [-0.2, 0) is 6.54 Å². The molecule has 0 aromatic heterocycles. The minimum atomic E-state index is 0.958. The molecule has 2 heterocycles. The molecule has 2 aliphatic heterocycles. The first kappa shape index (κ1) is 10.8. The van der Waals surface area contributed by atoms with E-state index < -0.39 is 0 Å². The molecule has 90 valence electrons. The summed E-state index contributed by atoms with van der Waals surface area (Å²) in [5.74, 6) is 0. The average molecular weight is 228 g/mol. The van der Waals surface area contributed by atoms with Gasteiger partial charge in [0.2, 0.25) is 0 Å². The summed E-state index contributed by atoms with van der Waals surface area (Å²) >= 11 is 0.